The Labute approximate surface area is 153 Å². The van der Waals surface area contributed by atoms with Crippen LogP contribution in [0.3, 0.4) is 0 Å². The van der Waals surface area contributed by atoms with Gasteiger partial charge in [-0.3, -0.25) is 9.10 Å². The highest BCUT2D eigenvalue weighted by atomic mass is 35.5. The second-order valence-corrected chi connectivity index (χ2v) is 8.27. The van der Waals surface area contributed by atoms with Crippen molar-refractivity contribution in [1.29, 1.82) is 0 Å². The van der Waals surface area contributed by atoms with Crippen LogP contribution in [-0.4, -0.2) is 27.1 Å². The predicted molar refractivity (Wildman–Crippen MR) is 103 cm³/mol. The third-order valence-electron chi connectivity index (χ3n) is 3.70. The van der Waals surface area contributed by atoms with Gasteiger partial charge in [-0.25, -0.2) is 8.42 Å². The summed E-state index contributed by atoms with van der Waals surface area (Å²) in [6.45, 7) is 3.82. The Hall–Kier alpha value is -2.05. The maximum atomic E-state index is 12.2. The largest absolute Gasteiger partial charge is 0.326 e. The van der Waals surface area contributed by atoms with E-state index in [1.807, 2.05) is 32.0 Å². The predicted octanol–water partition coefficient (Wildman–Crippen LogP) is 3.75. The Kier molecular flexibility index (Phi) is 6.08. The van der Waals surface area contributed by atoms with Gasteiger partial charge in [-0.1, -0.05) is 23.7 Å². The first-order valence-corrected chi connectivity index (χ1v) is 10.00. The summed E-state index contributed by atoms with van der Waals surface area (Å²) in [5.74, 6) is -0.263. The number of halogens is 1. The molecule has 1 amide bonds. The number of carbonyl (C=O) groups is 1. The van der Waals surface area contributed by atoms with E-state index in [0.29, 0.717) is 16.4 Å². The zero-order chi connectivity index (χ0) is 18.6. The molecule has 25 heavy (non-hydrogen) atoms. The standard InChI is InChI=1S/C18H21ClN2O3S/c1-13-4-5-14(2)17(12-13)21(25(3,23)24)11-10-18(22)20-16-8-6-15(19)7-9-16/h4-9,12H,10-11H2,1-3H3,(H,20,22). The SMILES string of the molecule is Cc1ccc(C)c(N(CCC(=O)Nc2ccc(Cl)cc2)S(C)(=O)=O)c1. The van der Waals surface area contributed by atoms with Gasteiger partial charge < -0.3 is 5.32 Å². The fraction of sp³-hybridized carbons (Fsp3) is 0.278. The number of amides is 1. The zero-order valence-corrected chi connectivity index (χ0v) is 16.0. The first-order valence-electron chi connectivity index (χ1n) is 7.77. The second-order valence-electron chi connectivity index (χ2n) is 5.93. The van der Waals surface area contributed by atoms with Gasteiger partial charge in [0.25, 0.3) is 0 Å². The van der Waals surface area contributed by atoms with Gasteiger partial charge in [0.05, 0.1) is 11.9 Å². The molecular formula is C18H21ClN2O3S. The number of hydrogen-bond donors (Lipinski definition) is 1. The van der Waals surface area contributed by atoms with E-state index < -0.39 is 10.0 Å². The molecule has 0 bridgehead atoms. The molecule has 0 heterocycles. The van der Waals surface area contributed by atoms with E-state index in [4.69, 9.17) is 11.6 Å². The van der Waals surface area contributed by atoms with Gasteiger partial charge in [0.15, 0.2) is 0 Å². The molecule has 0 aliphatic rings. The van der Waals surface area contributed by atoms with Gasteiger partial charge in [-0.05, 0) is 55.3 Å². The fourth-order valence-electron chi connectivity index (χ4n) is 2.41. The summed E-state index contributed by atoms with van der Waals surface area (Å²) in [5.41, 5.74) is 3.02. The average molecular weight is 381 g/mol. The van der Waals surface area contributed by atoms with Crippen molar-refractivity contribution in [2.75, 3.05) is 22.4 Å². The molecule has 0 aliphatic heterocycles. The fourth-order valence-corrected chi connectivity index (χ4v) is 3.52. The number of carbonyl (C=O) groups excluding carboxylic acids is 1. The van der Waals surface area contributed by atoms with Crippen LogP contribution in [0.4, 0.5) is 11.4 Å². The first-order chi connectivity index (χ1) is 11.7. The van der Waals surface area contributed by atoms with Crippen LogP contribution < -0.4 is 9.62 Å². The lowest BCUT2D eigenvalue weighted by Gasteiger charge is -2.24. The van der Waals surface area contributed by atoms with E-state index in [0.717, 1.165) is 17.4 Å². The van der Waals surface area contributed by atoms with Crippen molar-refractivity contribution < 1.29 is 13.2 Å². The molecule has 0 radical (unpaired) electrons. The number of hydrogen-bond acceptors (Lipinski definition) is 3. The number of nitrogens with zero attached hydrogens (tertiary/aromatic N) is 1. The number of nitrogens with one attached hydrogen (secondary N) is 1. The quantitative estimate of drug-likeness (QED) is 0.829. The van der Waals surface area contributed by atoms with Crippen LogP contribution >= 0.6 is 11.6 Å². The molecule has 134 valence electrons. The minimum Gasteiger partial charge on any atom is -0.326 e. The van der Waals surface area contributed by atoms with Gasteiger partial charge >= 0.3 is 0 Å². The van der Waals surface area contributed by atoms with Crippen LogP contribution in [0.25, 0.3) is 0 Å². The van der Waals surface area contributed by atoms with Crippen LogP contribution in [0.5, 0.6) is 0 Å². The summed E-state index contributed by atoms with van der Waals surface area (Å²) in [6.07, 6.45) is 1.19. The lowest BCUT2D eigenvalue weighted by Crippen LogP contribution is -2.33. The van der Waals surface area contributed by atoms with Crippen molar-refractivity contribution in [3.05, 3.63) is 58.6 Å². The number of aryl methyl sites for hydroxylation is 2. The van der Waals surface area contributed by atoms with Crippen molar-refractivity contribution in [2.24, 2.45) is 0 Å². The molecule has 0 unspecified atom stereocenters. The number of anilines is 2. The Morgan fingerprint density at radius 2 is 1.76 bits per heavy atom. The Balaban J connectivity index is 2.12. The highest BCUT2D eigenvalue weighted by Gasteiger charge is 2.20. The summed E-state index contributed by atoms with van der Waals surface area (Å²) >= 11 is 5.81. The average Bonchev–Trinajstić information content (AvgIpc) is 2.52. The monoisotopic (exact) mass is 380 g/mol. The van der Waals surface area contributed by atoms with E-state index in [-0.39, 0.29) is 18.9 Å². The molecule has 0 fully saturated rings. The molecular weight excluding hydrogens is 360 g/mol. The molecule has 0 aliphatic carbocycles. The Morgan fingerprint density at radius 3 is 2.36 bits per heavy atom. The van der Waals surface area contributed by atoms with Crippen LogP contribution in [0.15, 0.2) is 42.5 Å². The van der Waals surface area contributed by atoms with Gasteiger partial charge in [0.1, 0.15) is 0 Å². The van der Waals surface area contributed by atoms with Crippen molar-refractivity contribution in [3.8, 4) is 0 Å². The number of rotatable bonds is 6. The van der Waals surface area contributed by atoms with Crippen LogP contribution in [0, 0.1) is 13.8 Å². The Morgan fingerprint density at radius 1 is 1.12 bits per heavy atom. The van der Waals surface area contributed by atoms with Crippen LogP contribution in [0.1, 0.15) is 17.5 Å². The second kappa shape index (κ2) is 7.89. The maximum absolute atomic E-state index is 12.2. The van der Waals surface area contributed by atoms with Crippen molar-refractivity contribution in [3.63, 3.8) is 0 Å². The molecule has 0 saturated carbocycles. The Bertz CT molecular complexity index is 864. The molecule has 2 aromatic rings. The summed E-state index contributed by atoms with van der Waals surface area (Å²) in [6, 6.07) is 12.3. The third-order valence-corrected chi connectivity index (χ3v) is 5.14. The zero-order valence-electron chi connectivity index (χ0n) is 14.4. The van der Waals surface area contributed by atoms with Crippen molar-refractivity contribution in [2.45, 2.75) is 20.3 Å². The van der Waals surface area contributed by atoms with Crippen molar-refractivity contribution in [1.82, 2.24) is 0 Å². The molecule has 2 aromatic carbocycles. The molecule has 0 aromatic heterocycles. The smallest absolute Gasteiger partial charge is 0.232 e. The number of benzene rings is 2. The molecule has 2 rings (SSSR count). The highest BCUT2D eigenvalue weighted by molar-refractivity contribution is 7.92. The summed E-state index contributed by atoms with van der Waals surface area (Å²) in [4.78, 5) is 12.1. The van der Waals surface area contributed by atoms with Gasteiger partial charge in [0.2, 0.25) is 15.9 Å². The highest BCUT2D eigenvalue weighted by Crippen LogP contribution is 2.24. The summed E-state index contributed by atoms with van der Waals surface area (Å²) in [5, 5.41) is 3.31. The van der Waals surface area contributed by atoms with E-state index in [1.54, 1.807) is 24.3 Å². The lowest BCUT2D eigenvalue weighted by atomic mass is 10.1. The molecule has 5 nitrogen and oxygen atoms in total. The summed E-state index contributed by atoms with van der Waals surface area (Å²) in [7, 11) is -3.50. The minimum atomic E-state index is -3.50. The molecule has 1 N–H and O–H groups in total. The topological polar surface area (TPSA) is 66.5 Å². The van der Waals surface area contributed by atoms with E-state index in [9.17, 15) is 13.2 Å². The normalized spacial score (nSPS) is 11.2. The van der Waals surface area contributed by atoms with E-state index in [1.165, 1.54) is 4.31 Å². The van der Waals surface area contributed by atoms with Crippen molar-refractivity contribution >= 4 is 38.9 Å². The first kappa shape index (κ1) is 19.3. The third kappa shape index (κ3) is 5.47. The van der Waals surface area contributed by atoms with Gasteiger partial charge in [-0.15, -0.1) is 0 Å². The van der Waals surface area contributed by atoms with Gasteiger partial charge in [-0.2, -0.15) is 0 Å². The summed E-state index contributed by atoms with van der Waals surface area (Å²) < 4.78 is 25.6. The maximum Gasteiger partial charge on any atom is 0.232 e. The minimum absolute atomic E-state index is 0.0447. The molecule has 0 saturated heterocycles. The number of sulfonamides is 1. The molecule has 0 atom stereocenters. The van der Waals surface area contributed by atoms with Crippen LogP contribution in [-0.2, 0) is 14.8 Å². The van der Waals surface area contributed by atoms with E-state index >= 15 is 0 Å². The van der Waals surface area contributed by atoms with Gasteiger partial charge in [0, 0.05) is 23.7 Å². The lowest BCUT2D eigenvalue weighted by molar-refractivity contribution is -0.116. The molecule has 7 heteroatoms. The van der Waals surface area contributed by atoms with Crippen LogP contribution in [0.2, 0.25) is 5.02 Å². The molecule has 0 spiro atoms. The van der Waals surface area contributed by atoms with E-state index in [2.05, 4.69) is 5.32 Å².